The van der Waals surface area contributed by atoms with Gasteiger partial charge in [-0.05, 0) is 51.7 Å². The van der Waals surface area contributed by atoms with Crippen LogP contribution in [0.5, 0.6) is 0 Å². The lowest BCUT2D eigenvalue weighted by molar-refractivity contribution is 0.466. The van der Waals surface area contributed by atoms with Crippen LogP contribution in [0.2, 0.25) is 0 Å². The summed E-state index contributed by atoms with van der Waals surface area (Å²) in [5, 5.41) is 8.84. The van der Waals surface area contributed by atoms with E-state index < -0.39 is 0 Å². The number of halogens is 1. The van der Waals surface area contributed by atoms with Gasteiger partial charge in [-0.3, -0.25) is 0 Å². The molecule has 4 rings (SSSR count). The molecule has 0 bridgehead atoms. The lowest BCUT2D eigenvalue weighted by atomic mass is 10.0. The van der Waals surface area contributed by atoms with Crippen molar-refractivity contribution in [2.75, 3.05) is 0 Å². The van der Waals surface area contributed by atoms with Crippen molar-refractivity contribution in [3.05, 3.63) is 64.5 Å². The monoisotopic (exact) mass is 428 g/mol. The van der Waals surface area contributed by atoms with Crippen molar-refractivity contribution in [2.45, 2.75) is 30.7 Å². The fraction of sp³-hybridized carbons (Fsp3) is 0.211. The van der Waals surface area contributed by atoms with Crippen LogP contribution in [0, 0.1) is 0 Å². The van der Waals surface area contributed by atoms with Gasteiger partial charge in [-0.1, -0.05) is 37.7 Å². The number of imidazole rings is 1. The van der Waals surface area contributed by atoms with E-state index in [-0.39, 0.29) is 0 Å². The summed E-state index contributed by atoms with van der Waals surface area (Å²) < 4.78 is 8.80. The molecule has 0 aliphatic carbocycles. The molecule has 0 atom stereocenters. The molecule has 3 heterocycles. The molecule has 0 aliphatic heterocycles. The number of hydrogen-bond acceptors (Lipinski definition) is 5. The Hall–Kier alpha value is -2.12. The fourth-order valence-corrected chi connectivity index (χ4v) is 3.62. The van der Waals surface area contributed by atoms with Gasteiger partial charge in [0.05, 0.1) is 5.69 Å². The van der Waals surface area contributed by atoms with Crippen molar-refractivity contribution in [3.63, 3.8) is 0 Å². The standard InChI is InChI=1S/C19H17BrN4OS/c1-12(2)13-3-5-14(6-4-13)18-22-23-19(25-18)26-11-16-10-24-9-15(20)7-8-17(24)21-16/h3-10,12H,11H2,1-2H3. The molecule has 0 amide bonds. The lowest BCUT2D eigenvalue weighted by Gasteiger charge is -2.04. The highest BCUT2D eigenvalue weighted by Crippen LogP contribution is 2.27. The van der Waals surface area contributed by atoms with E-state index in [1.165, 1.54) is 17.3 Å². The third kappa shape index (κ3) is 3.68. The van der Waals surface area contributed by atoms with Crippen LogP contribution in [0.1, 0.15) is 31.0 Å². The Morgan fingerprint density at radius 1 is 1.08 bits per heavy atom. The number of thioether (sulfide) groups is 1. The second-order valence-electron chi connectivity index (χ2n) is 6.28. The molecule has 0 N–H and O–H groups in total. The summed E-state index contributed by atoms with van der Waals surface area (Å²) in [4.78, 5) is 4.59. The first-order valence-electron chi connectivity index (χ1n) is 8.28. The molecule has 0 radical (unpaired) electrons. The minimum Gasteiger partial charge on any atom is -0.411 e. The van der Waals surface area contributed by atoms with Crippen LogP contribution in [0.3, 0.4) is 0 Å². The Labute approximate surface area is 164 Å². The second kappa shape index (κ2) is 7.25. The molecule has 0 spiro atoms. The molecule has 0 saturated carbocycles. The van der Waals surface area contributed by atoms with Gasteiger partial charge in [0.1, 0.15) is 5.65 Å². The van der Waals surface area contributed by atoms with E-state index in [4.69, 9.17) is 4.42 Å². The summed E-state index contributed by atoms with van der Waals surface area (Å²) >= 11 is 4.96. The summed E-state index contributed by atoms with van der Waals surface area (Å²) in [5.41, 5.74) is 4.11. The Bertz CT molecular complexity index is 1040. The highest BCUT2D eigenvalue weighted by Gasteiger charge is 2.11. The van der Waals surface area contributed by atoms with Gasteiger partial charge in [0, 0.05) is 28.2 Å². The maximum absolute atomic E-state index is 5.78. The van der Waals surface area contributed by atoms with Gasteiger partial charge < -0.3 is 8.82 Å². The number of benzene rings is 1. The molecule has 0 saturated heterocycles. The Morgan fingerprint density at radius 2 is 1.88 bits per heavy atom. The van der Waals surface area contributed by atoms with Gasteiger partial charge in [0.25, 0.3) is 5.22 Å². The summed E-state index contributed by atoms with van der Waals surface area (Å²) in [5.74, 6) is 1.72. The molecule has 7 heteroatoms. The molecule has 1 aromatic carbocycles. The molecule has 3 aromatic heterocycles. The number of aromatic nitrogens is 4. The first kappa shape index (κ1) is 17.3. The molecule has 0 aliphatic rings. The van der Waals surface area contributed by atoms with E-state index in [1.54, 1.807) is 0 Å². The molecule has 26 heavy (non-hydrogen) atoms. The first-order valence-corrected chi connectivity index (χ1v) is 10.1. The molecule has 4 aromatic rings. The van der Waals surface area contributed by atoms with E-state index in [0.717, 1.165) is 21.4 Å². The molecule has 132 valence electrons. The van der Waals surface area contributed by atoms with Crippen LogP contribution in [0.15, 0.2) is 62.9 Å². The smallest absolute Gasteiger partial charge is 0.277 e. The van der Waals surface area contributed by atoms with Gasteiger partial charge in [-0.25, -0.2) is 4.98 Å². The quantitative estimate of drug-likeness (QED) is 0.389. The lowest BCUT2D eigenvalue weighted by Crippen LogP contribution is -1.86. The van der Waals surface area contributed by atoms with Crippen LogP contribution in [0.4, 0.5) is 0 Å². The summed E-state index contributed by atoms with van der Waals surface area (Å²) in [7, 11) is 0. The number of nitrogens with zero attached hydrogens (tertiary/aromatic N) is 4. The van der Waals surface area contributed by atoms with Crippen LogP contribution >= 0.6 is 27.7 Å². The first-order chi connectivity index (χ1) is 12.6. The molecular formula is C19H17BrN4OS. The van der Waals surface area contributed by atoms with E-state index in [2.05, 4.69) is 57.1 Å². The largest absolute Gasteiger partial charge is 0.411 e. The zero-order chi connectivity index (χ0) is 18.1. The van der Waals surface area contributed by atoms with Gasteiger partial charge in [-0.2, -0.15) is 0 Å². The zero-order valence-electron chi connectivity index (χ0n) is 14.4. The Morgan fingerprint density at radius 3 is 2.65 bits per heavy atom. The maximum Gasteiger partial charge on any atom is 0.277 e. The number of pyridine rings is 1. The minimum atomic E-state index is 0.504. The van der Waals surface area contributed by atoms with E-state index in [0.29, 0.717) is 22.8 Å². The third-order valence-corrected chi connectivity index (χ3v) is 5.36. The van der Waals surface area contributed by atoms with Gasteiger partial charge in [-0.15, -0.1) is 10.2 Å². The number of hydrogen-bond donors (Lipinski definition) is 0. The molecular weight excluding hydrogens is 412 g/mol. The normalized spacial score (nSPS) is 11.5. The third-order valence-electron chi connectivity index (χ3n) is 4.04. The number of fused-ring (bicyclic) bond motifs is 1. The van der Waals surface area contributed by atoms with Crippen molar-refractivity contribution in [1.82, 2.24) is 19.6 Å². The predicted molar refractivity (Wildman–Crippen MR) is 106 cm³/mol. The Balaban J connectivity index is 1.45. The van der Waals surface area contributed by atoms with Crippen LogP contribution in [-0.2, 0) is 5.75 Å². The van der Waals surface area contributed by atoms with Gasteiger partial charge in [0.2, 0.25) is 5.89 Å². The fourth-order valence-electron chi connectivity index (χ4n) is 2.62. The SMILES string of the molecule is CC(C)c1ccc(-c2nnc(SCc3cn4cc(Br)ccc4n3)o2)cc1. The predicted octanol–water partition coefficient (Wildman–Crippen LogP) is 5.56. The van der Waals surface area contributed by atoms with Gasteiger partial charge in [0.15, 0.2) is 0 Å². The minimum absolute atomic E-state index is 0.504. The van der Waals surface area contributed by atoms with Crippen molar-refractivity contribution in [1.29, 1.82) is 0 Å². The second-order valence-corrected chi connectivity index (χ2v) is 8.13. The zero-order valence-corrected chi connectivity index (χ0v) is 16.8. The number of rotatable bonds is 5. The average molecular weight is 429 g/mol. The van der Waals surface area contributed by atoms with Crippen molar-refractivity contribution >= 4 is 33.3 Å². The van der Waals surface area contributed by atoms with Crippen LogP contribution < -0.4 is 0 Å². The maximum atomic E-state index is 5.78. The van der Waals surface area contributed by atoms with E-state index in [9.17, 15) is 0 Å². The highest BCUT2D eigenvalue weighted by atomic mass is 79.9. The van der Waals surface area contributed by atoms with E-state index in [1.807, 2.05) is 41.1 Å². The molecule has 0 fully saturated rings. The average Bonchev–Trinajstić information content (AvgIpc) is 3.26. The molecule has 0 unspecified atom stereocenters. The van der Waals surface area contributed by atoms with Crippen molar-refractivity contribution < 1.29 is 4.42 Å². The van der Waals surface area contributed by atoms with Crippen molar-refractivity contribution in [2.24, 2.45) is 0 Å². The van der Waals surface area contributed by atoms with E-state index >= 15 is 0 Å². The summed E-state index contributed by atoms with van der Waals surface area (Å²) in [6.07, 6.45) is 4.00. The molecule has 5 nitrogen and oxygen atoms in total. The summed E-state index contributed by atoms with van der Waals surface area (Å²) in [6.45, 7) is 4.35. The summed E-state index contributed by atoms with van der Waals surface area (Å²) in [6, 6.07) is 12.2. The topological polar surface area (TPSA) is 56.2 Å². The van der Waals surface area contributed by atoms with Gasteiger partial charge >= 0.3 is 0 Å². The highest BCUT2D eigenvalue weighted by molar-refractivity contribution is 9.10. The van der Waals surface area contributed by atoms with Crippen LogP contribution in [-0.4, -0.2) is 19.6 Å². The van der Waals surface area contributed by atoms with Crippen molar-refractivity contribution in [3.8, 4) is 11.5 Å². The Kier molecular flexibility index (Phi) is 4.82. The van der Waals surface area contributed by atoms with Crippen LogP contribution in [0.25, 0.3) is 17.1 Å².